The Labute approximate surface area is 135 Å². The van der Waals surface area contributed by atoms with Crippen LogP contribution in [0.5, 0.6) is 5.75 Å². The van der Waals surface area contributed by atoms with E-state index in [2.05, 4.69) is 4.98 Å². The zero-order valence-electron chi connectivity index (χ0n) is 12.8. The molecule has 0 aliphatic carbocycles. The molecule has 2 aromatic rings. The lowest BCUT2D eigenvalue weighted by Gasteiger charge is -2.17. The number of rotatable bonds is 4. The minimum Gasteiger partial charge on any atom is -0.483 e. The Morgan fingerprint density at radius 1 is 1.35 bits per heavy atom. The third kappa shape index (κ3) is 3.44. The molecule has 6 nitrogen and oxygen atoms in total. The second-order valence-electron chi connectivity index (χ2n) is 5.69. The molecule has 1 unspecified atom stereocenters. The summed E-state index contributed by atoms with van der Waals surface area (Å²) < 4.78 is 28.7. The van der Waals surface area contributed by atoms with Crippen molar-refractivity contribution >= 4 is 26.6 Å². The molecule has 1 saturated heterocycles. The maximum absolute atomic E-state index is 12.2. The van der Waals surface area contributed by atoms with Gasteiger partial charge >= 0.3 is 0 Å². The van der Waals surface area contributed by atoms with Gasteiger partial charge in [-0.3, -0.25) is 9.78 Å². The molecule has 1 atom stereocenters. The minimum atomic E-state index is -3.11. The second-order valence-corrected chi connectivity index (χ2v) is 8.02. The molecule has 1 aliphatic heterocycles. The van der Waals surface area contributed by atoms with Gasteiger partial charge in [0.25, 0.3) is 5.91 Å². The molecule has 1 aliphatic rings. The van der Waals surface area contributed by atoms with Gasteiger partial charge in [0.2, 0.25) is 0 Å². The number of sulfone groups is 1. The predicted octanol–water partition coefficient (Wildman–Crippen LogP) is 1.26. The summed E-state index contributed by atoms with van der Waals surface area (Å²) in [6.07, 6.45) is 3.34. The number of hydrogen-bond acceptors (Lipinski definition) is 5. The smallest absolute Gasteiger partial charge is 0.260 e. The van der Waals surface area contributed by atoms with Crippen molar-refractivity contribution in [3.8, 4) is 5.75 Å². The maximum Gasteiger partial charge on any atom is 0.260 e. The number of benzene rings is 1. The predicted molar refractivity (Wildman–Crippen MR) is 87.1 cm³/mol. The van der Waals surface area contributed by atoms with E-state index in [4.69, 9.17) is 4.74 Å². The number of likely N-dealkylation sites (tertiary alicyclic amines) is 1. The van der Waals surface area contributed by atoms with E-state index in [1.54, 1.807) is 17.2 Å². The number of para-hydroxylation sites is 1. The van der Waals surface area contributed by atoms with Gasteiger partial charge in [0.05, 0.1) is 10.8 Å². The molecule has 3 rings (SSSR count). The van der Waals surface area contributed by atoms with Crippen LogP contribution in [-0.4, -0.2) is 55.4 Å². The molecule has 2 heterocycles. The van der Waals surface area contributed by atoms with Crippen LogP contribution in [0.4, 0.5) is 0 Å². The van der Waals surface area contributed by atoms with Crippen molar-refractivity contribution in [3.63, 3.8) is 0 Å². The van der Waals surface area contributed by atoms with Crippen molar-refractivity contribution < 1.29 is 17.9 Å². The lowest BCUT2D eigenvalue weighted by Crippen LogP contribution is -2.34. The fourth-order valence-electron chi connectivity index (χ4n) is 2.73. The van der Waals surface area contributed by atoms with E-state index in [9.17, 15) is 13.2 Å². The largest absolute Gasteiger partial charge is 0.483 e. The van der Waals surface area contributed by atoms with Crippen LogP contribution >= 0.6 is 0 Å². The van der Waals surface area contributed by atoms with Crippen molar-refractivity contribution in [1.29, 1.82) is 0 Å². The lowest BCUT2D eigenvalue weighted by atomic mass is 10.2. The van der Waals surface area contributed by atoms with Crippen LogP contribution in [0.25, 0.3) is 10.9 Å². The highest BCUT2D eigenvalue weighted by Crippen LogP contribution is 2.23. The maximum atomic E-state index is 12.2. The first-order valence-corrected chi connectivity index (χ1v) is 9.34. The Hall–Kier alpha value is -2.15. The summed E-state index contributed by atoms with van der Waals surface area (Å²) in [5.74, 6) is 0.403. The SMILES string of the molecule is CS(=O)(=O)C1CCN(C(=O)COc2ccnc3ccccc23)C1. The molecule has 0 saturated carbocycles. The van der Waals surface area contributed by atoms with Crippen molar-refractivity contribution in [2.75, 3.05) is 26.0 Å². The highest BCUT2D eigenvalue weighted by atomic mass is 32.2. The van der Waals surface area contributed by atoms with E-state index in [0.717, 1.165) is 10.9 Å². The molecule has 23 heavy (non-hydrogen) atoms. The number of nitrogens with zero attached hydrogens (tertiary/aromatic N) is 2. The molecule has 1 aromatic heterocycles. The third-order valence-electron chi connectivity index (χ3n) is 4.06. The average Bonchev–Trinajstić information content (AvgIpc) is 3.03. The number of ether oxygens (including phenoxy) is 1. The number of amides is 1. The van der Waals surface area contributed by atoms with Crippen molar-refractivity contribution in [2.45, 2.75) is 11.7 Å². The number of carbonyl (C=O) groups excluding carboxylic acids is 1. The van der Waals surface area contributed by atoms with Crippen LogP contribution in [0, 0.1) is 0 Å². The van der Waals surface area contributed by atoms with Crippen LogP contribution in [0.2, 0.25) is 0 Å². The molecule has 0 bridgehead atoms. The van der Waals surface area contributed by atoms with Gasteiger partial charge in [-0.15, -0.1) is 0 Å². The Morgan fingerprint density at radius 2 is 2.13 bits per heavy atom. The lowest BCUT2D eigenvalue weighted by molar-refractivity contribution is -0.132. The summed E-state index contributed by atoms with van der Waals surface area (Å²) >= 11 is 0. The quantitative estimate of drug-likeness (QED) is 0.841. The number of carbonyl (C=O) groups is 1. The Balaban J connectivity index is 1.65. The monoisotopic (exact) mass is 334 g/mol. The molecule has 1 amide bonds. The van der Waals surface area contributed by atoms with Crippen molar-refractivity contribution in [1.82, 2.24) is 9.88 Å². The summed E-state index contributed by atoms with van der Waals surface area (Å²) in [6.45, 7) is 0.597. The van der Waals surface area contributed by atoms with Crippen molar-refractivity contribution in [3.05, 3.63) is 36.5 Å². The molecule has 1 aromatic carbocycles. The Bertz CT molecular complexity index is 830. The molecular weight excluding hydrogens is 316 g/mol. The molecule has 0 N–H and O–H groups in total. The normalized spacial score (nSPS) is 18.3. The van der Waals surface area contributed by atoms with Gasteiger partial charge in [-0.05, 0) is 24.6 Å². The molecule has 0 radical (unpaired) electrons. The first-order chi connectivity index (χ1) is 10.9. The standard InChI is InChI=1S/C16H18N2O4S/c1-23(20,21)12-7-9-18(10-12)16(19)11-22-15-6-8-17-14-5-3-2-4-13(14)15/h2-6,8,12H,7,9-11H2,1H3. The van der Waals surface area contributed by atoms with E-state index < -0.39 is 15.1 Å². The van der Waals surface area contributed by atoms with Crippen LogP contribution in [0.15, 0.2) is 36.5 Å². The average molecular weight is 334 g/mol. The second kappa shape index (κ2) is 6.16. The highest BCUT2D eigenvalue weighted by molar-refractivity contribution is 7.91. The van der Waals surface area contributed by atoms with Crippen LogP contribution in [0.1, 0.15) is 6.42 Å². The van der Waals surface area contributed by atoms with Gasteiger partial charge in [-0.25, -0.2) is 8.42 Å². The van der Waals surface area contributed by atoms with E-state index in [1.165, 1.54) is 6.26 Å². The summed E-state index contributed by atoms with van der Waals surface area (Å²) in [4.78, 5) is 18.0. The summed E-state index contributed by atoms with van der Waals surface area (Å²) in [5.41, 5.74) is 0.802. The van der Waals surface area contributed by atoms with E-state index in [-0.39, 0.29) is 19.1 Å². The number of pyridine rings is 1. The number of hydrogen-bond donors (Lipinski definition) is 0. The Morgan fingerprint density at radius 3 is 2.87 bits per heavy atom. The summed E-state index contributed by atoms with van der Waals surface area (Å²) in [7, 11) is -3.11. The molecule has 0 spiro atoms. The van der Waals surface area contributed by atoms with Gasteiger partial charge in [0, 0.05) is 30.9 Å². The van der Waals surface area contributed by atoms with Gasteiger partial charge in [0.1, 0.15) is 5.75 Å². The number of aromatic nitrogens is 1. The van der Waals surface area contributed by atoms with Gasteiger partial charge < -0.3 is 9.64 Å². The zero-order valence-corrected chi connectivity index (χ0v) is 13.6. The van der Waals surface area contributed by atoms with E-state index >= 15 is 0 Å². The van der Waals surface area contributed by atoms with E-state index in [1.807, 2.05) is 24.3 Å². The molecule has 1 fully saturated rings. The van der Waals surface area contributed by atoms with Crippen LogP contribution < -0.4 is 4.74 Å². The number of fused-ring (bicyclic) bond motifs is 1. The molecule has 122 valence electrons. The first kappa shape index (κ1) is 15.7. The van der Waals surface area contributed by atoms with Gasteiger partial charge in [-0.2, -0.15) is 0 Å². The third-order valence-corrected chi connectivity index (χ3v) is 5.66. The highest BCUT2D eigenvalue weighted by Gasteiger charge is 2.32. The zero-order chi connectivity index (χ0) is 16.4. The molecule has 7 heteroatoms. The first-order valence-electron chi connectivity index (χ1n) is 7.38. The van der Waals surface area contributed by atoms with Crippen molar-refractivity contribution in [2.24, 2.45) is 0 Å². The van der Waals surface area contributed by atoms with Crippen LogP contribution in [-0.2, 0) is 14.6 Å². The molecular formula is C16H18N2O4S. The van der Waals surface area contributed by atoms with Gasteiger partial charge in [0.15, 0.2) is 16.4 Å². The fraction of sp³-hybridized carbons (Fsp3) is 0.375. The van der Waals surface area contributed by atoms with Gasteiger partial charge in [-0.1, -0.05) is 12.1 Å². The van der Waals surface area contributed by atoms with Crippen LogP contribution in [0.3, 0.4) is 0 Å². The Kier molecular flexibility index (Phi) is 4.21. The topological polar surface area (TPSA) is 76.6 Å². The fourth-order valence-corrected chi connectivity index (χ4v) is 3.71. The van der Waals surface area contributed by atoms with E-state index in [0.29, 0.717) is 18.7 Å². The summed E-state index contributed by atoms with van der Waals surface area (Å²) in [6, 6.07) is 9.26. The summed E-state index contributed by atoms with van der Waals surface area (Å²) in [5, 5.41) is 0.381. The minimum absolute atomic E-state index is 0.107.